The summed E-state index contributed by atoms with van der Waals surface area (Å²) in [6.07, 6.45) is 2.31. The van der Waals surface area contributed by atoms with E-state index in [1.54, 1.807) is 12.1 Å². The molecule has 0 unspecified atom stereocenters. The average molecular weight is 269 g/mol. The van der Waals surface area contributed by atoms with Crippen LogP contribution in [0.3, 0.4) is 0 Å². The Hall–Kier alpha value is -1.13. The van der Waals surface area contributed by atoms with E-state index >= 15 is 0 Å². The highest BCUT2D eigenvalue weighted by Gasteiger charge is 2.28. The summed E-state index contributed by atoms with van der Waals surface area (Å²) in [6.45, 7) is 0. The zero-order valence-corrected chi connectivity index (χ0v) is 10.5. The van der Waals surface area contributed by atoms with E-state index in [1.165, 1.54) is 17.4 Å². The molecular formula is C12H10ClFN2S. The van der Waals surface area contributed by atoms with E-state index in [4.69, 9.17) is 17.3 Å². The fraction of sp³-hybridized carbons (Fsp3) is 0.250. The van der Waals surface area contributed by atoms with Gasteiger partial charge in [-0.15, -0.1) is 11.3 Å². The van der Waals surface area contributed by atoms with Gasteiger partial charge in [-0.05, 0) is 25.0 Å². The minimum Gasteiger partial charge on any atom is -0.389 e. The highest BCUT2D eigenvalue weighted by atomic mass is 35.5. The van der Waals surface area contributed by atoms with Crippen molar-refractivity contribution >= 4 is 27.9 Å². The van der Waals surface area contributed by atoms with Crippen molar-refractivity contribution in [3.8, 4) is 11.3 Å². The molecule has 0 aliphatic heterocycles. The highest BCUT2D eigenvalue weighted by Crippen LogP contribution is 2.45. The highest BCUT2D eigenvalue weighted by molar-refractivity contribution is 7.16. The Bertz CT molecular complexity index is 578. The molecule has 1 aromatic carbocycles. The standard InChI is InChI=1S/C12H10ClFN2S/c13-8-3-1-2-7(9(8)14)10-11(15)17-12(16-10)6-4-5-6/h1-3,6H,4-5,15H2. The predicted octanol–water partition coefficient (Wildman–Crippen LogP) is 4.06. The zero-order chi connectivity index (χ0) is 12.0. The number of rotatable bonds is 2. The predicted molar refractivity (Wildman–Crippen MR) is 68.9 cm³/mol. The zero-order valence-electron chi connectivity index (χ0n) is 8.91. The topological polar surface area (TPSA) is 38.9 Å². The van der Waals surface area contributed by atoms with Crippen LogP contribution >= 0.6 is 22.9 Å². The van der Waals surface area contributed by atoms with Crippen molar-refractivity contribution in [2.75, 3.05) is 5.73 Å². The van der Waals surface area contributed by atoms with Gasteiger partial charge < -0.3 is 5.73 Å². The Balaban J connectivity index is 2.11. The van der Waals surface area contributed by atoms with E-state index in [0.29, 0.717) is 22.2 Å². The van der Waals surface area contributed by atoms with Gasteiger partial charge in [0.15, 0.2) is 5.82 Å². The fourth-order valence-corrected chi connectivity index (χ4v) is 2.93. The number of thiazole rings is 1. The van der Waals surface area contributed by atoms with E-state index in [2.05, 4.69) is 4.98 Å². The first-order valence-corrected chi connectivity index (χ1v) is 6.57. The summed E-state index contributed by atoms with van der Waals surface area (Å²) in [6, 6.07) is 4.88. The molecular weight excluding hydrogens is 259 g/mol. The van der Waals surface area contributed by atoms with Crippen LogP contribution in [0.2, 0.25) is 5.02 Å². The van der Waals surface area contributed by atoms with Gasteiger partial charge in [0.05, 0.1) is 10.0 Å². The molecule has 1 aliphatic rings. The minimum atomic E-state index is -0.450. The van der Waals surface area contributed by atoms with Crippen molar-refractivity contribution < 1.29 is 4.39 Å². The first-order chi connectivity index (χ1) is 8.16. The monoisotopic (exact) mass is 268 g/mol. The molecule has 0 bridgehead atoms. The smallest absolute Gasteiger partial charge is 0.151 e. The summed E-state index contributed by atoms with van der Waals surface area (Å²) in [4.78, 5) is 4.44. The van der Waals surface area contributed by atoms with E-state index in [0.717, 1.165) is 17.8 Å². The van der Waals surface area contributed by atoms with Crippen LogP contribution in [-0.2, 0) is 0 Å². The first-order valence-electron chi connectivity index (χ1n) is 5.37. The minimum absolute atomic E-state index is 0.0999. The maximum atomic E-state index is 13.9. The van der Waals surface area contributed by atoms with Crippen LogP contribution in [-0.4, -0.2) is 4.98 Å². The van der Waals surface area contributed by atoms with E-state index in [1.807, 2.05) is 0 Å². The number of nitrogen functional groups attached to an aromatic ring is 1. The molecule has 1 aliphatic carbocycles. The molecule has 1 fully saturated rings. The second kappa shape index (κ2) is 3.96. The van der Waals surface area contributed by atoms with Crippen molar-refractivity contribution in [1.29, 1.82) is 0 Å². The molecule has 2 aromatic rings. The van der Waals surface area contributed by atoms with Gasteiger partial charge in [-0.2, -0.15) is 0 Å². The Kier molecular flexibility index (Phi) is 2.56. The fourth-order valence-electron chi connectivity index (χ4n) is 1.73. The number of aromatic nitrogens is 1. The lowest BCUT2D eigenvalue weighted by Crippen LogP contribution is -1.90. The van der Waals surface area contributed by atoms with Gasteiger partial charge >= 0.3 is 0 Å². The maximum absolute atomic E-state index is 13.9. The second-order valence-corrected chi connectivity index (χ2v) is 5.61. The van der Waals surface area contributed by atoms with E-state index in [-0.39, 0.29) is 5.02 Å². The summed E-state index contributed by atoms with van der Waals surface area (Å²) in [7, 11) is 0. The number of hydrogen-bond donors (Lipinski definition) is 1. The Morgan fingerprint density at radius 3 is 2.88 bits per heavy atom. The molecule has 5 heteroatoms. The normalized spacial score (nSPS) is 15.2. The molecule has 17 heavy (non-hydrogen) atoms. The average Bonchev–Trinajstić information content (AvgIpc) is 3.07. The van der Waals surface area contributed by atoms with E-state index < -0.39 is 5.82 Å². The Morgan fingerprint density at radius 2 is 2.18 bits per heavy atom. The Labute approximate surface area is 107 Å². The van der Waals surface area contributed by atoms with E-state index in [9.17, 15) is 4.39 Å². The van der Waals surface area contributed by atoms with Gasteiger partial charge in [-0.1, -0.05) is 17.7 Å². The molecule has 1 heterocycles. The first kappa shape index (κ1) is 11.0. The number of nitrogens with two attached hydrogens (primary N) is 1. The van der Waals surface area contributed by atoms with Gasteiger partial charge in [0, 0.05) is 11.5 Å². The van der Waals surface area contributed by atoms with Crippen molar-refractivity contribution in [3.63, 3.8) is 0 Å². The third kappa shape index (κ3) is 1.91. The lowest BCUT2D eigenvalue weighted by molar-refractivity contribution is 0.631. The molecule has 0 radical (unpaired) electrons. The van der Waals surface area contributed by atoms with Crippen molar-refractivity contribution in [3.05, 3.63) is 34.0 Å². The van der Waals surface area contributed by atoms with Crippen LogP contribution in [0.25, 0.3) is 11.3 Å². The largest absolute Gasteiger partial charge is 0.389 e. The molecule has 0 saturated heterocycles. The summed E-state index contributed by atoms with van der Waals surface area (Å²) in [5.74, 6) is 0.0757. The number of nitrogens with zero attached hydrogens (tertiary/aromatic N) is 1. The van der Waals surface area contributed by atoms with Crippen LogP contribution in [0, 0.1) is 5.82 Å². The second-order valence-electron chi connectivity index (χ2n) is 4.14. The molecule has 0 spiro atoms. The number of hydrogen-bond acceptors (Lipinski definition) is 3. The van der Waals surface area contributed by atoms with Crippen molar-refractivity contribution in [2.24, 2.45) is 0 Å². The number of benzene rings is 1. The van der Waals surface area contributed by atoms with Gasteiger partial charge in [-0.3, -0.25) is 0 Å². The summed E-state index contributed by atoms with van der Waals surface area (Å²) in [5.41, 5.74) is 6.82. The lowest BCUT2D eigenvalue weighted by Gasteiger charge is -2.01. The van der Waals surface area contributed by atoms with Crippen molar-refractivity contribution in [2.45, 2.75) is 18.8 Å². The lowest BCUT2D eigenvalue weighted by atomic mass is 10.1. The molecule has 0 amide bonds. The molecule has 1 aromatic heterocycles. The molecule has 2 N–H and O–H groups in total. The number of halogens is 2. The summed E-state index contributed by atoms with van der Waals surface area (Å²) >= 11 is 7.21. The van der Waals surface area contributed by atoms with Crippen LogP contribution in [0.15, 0.2) is 18.2 Å². The van der Waals surface area contributed by atoms with Crippen LogP contribution < -0.4 is 5.73 Å². The van der Waals surface area contributed by atoms with Gasteiger partial charge in [0.2, 0.25) is 0 Å². The maximum Gasteiger partial charge on any atom is 0.151 e. The third-order valence-electron chi connectivity index (χ3n) is 2.80. The molecule has 3 rings (SSSR count). The molecule has 1 saturated carbocycles. The SMILES string of the molecule is Nc1sc(C2CC2)nc1-c1cccc(Cl)c1F. The number of anilines is 1. The van der Waals surface area contributed by atoms with Gasteiger partial charge in [-0.25, -0.2) is 9.37 Å². The molecule has 88 valence electrons. The molecule has 2 nitrogen and oxygen atoms in total. The summed E-state index contributed by atoms with van der Waals surface area (Å²) < 4.78 is 13.9. The van der Waals surface area contributed by atoms with Crippen LogP contribution in [0.1, 0.15) is 23.8 Å². The van der Waals surface area contributed by atoms with Gasteiger partial charge in [0.1, 0.15) is 10.7 Å². The van der Waals surface area contributed by atoms with Gasteiger partial charge in [0.25, 0.3) is 0 Å². The van der Waals surface area contributed by atoms with Crippen LogP contribution in [0.4, 0.5) is 9.39 Å². The third-order valence-corrected chi connectivity index (χ3v) is 4.14. The van der Waals surface area contributed by atoms with Crippen molar-refractivity contribution in [1.82, 2.24) is 4.98 Å². The molecule has 0 atom stereocenters. The Morgan fingerprint density at radius 1 is 1.41 bits per heavy atom. The summed E-state index contributed by atoms with van der Waals surface area (Å²) in [5, 5.41) is 1.67. The van der Waals surface area contributed by atoms with Crippen LogP contribution in [0.5, 0.6) is 0 Å². The quantitative estimate of drug-likeness (QED) is 0.892.